The van der Waals surface area contributed by atoms with Gasteiger partial charge in [-0.15, -0.1) is 0 Å². The predicted molar refractivity (Wildman–Crippen MR) is 154 cm³/mol. The Morgan fingerprint density at radius 3 is 2.57 bits per heavy atom. The molecule has 21 heteroatoms. The maximum atomic E-state index is 14.3. The predicted octanol–water partition coefficient (Wildman–Crippen LogP) is -0.906. The summed E-state index contributed by atoms with van der Waals surface area (Å²) in [5.41, 5.74) is 7.26. The van der Waals surface area contributed by atoms with Crippen molar-refractivity contribution >= 4 is 52.4 Å². The lowest BCUT2D eigenvalue weighted by Crippen LogP contribution is -2.44. The van der Waals surface area contributed by atoms with E-state index in [9.17, 15) is 24.3 Å². The van der Waals surface area contributed by atoms with Gasteiger partial charge in [0.1, 0.15) is 48.2 Å². The highest BCUT2D eigenvalue weighted by Gasteiger charge is 2.57. The molecule has 6 rings (SSSR count). The van der Waals surface area contributed by atoms with Gasteiger partial charge in [-0.05, 0) is 25.2 Å². The fourth-order valence-electron chi connectivity index (χ4n) is 5.61. The van der Waals surface area contributed by atoms with Crippen LogP contribution >= 0.6 is 6.49 Å². The second-order valence-corrected chi connectivity index (χ2v) is 14.5. The molecule has 18 nitrogen and oxygen atoms in total. The molecule has 2 saturated heterocycles. The minimum Gasteiger partial charge on any atom is -0.393 e. The fraction of sp³-hybridized carbons (Fsp3) is 0.565. The van der Waals surface area contributed by atoms with E-state index in [-0.39, 0.29) is 29.4 Å². The normalized spacial score (nSPS) is 32.1. The highest BCUT2D eigenvalue weighted by molar-refractivity contribution is 8.09. The number of aliphatic hydroxyl groups excluding tert-OH is 2. The number of aromatic nitrogens is 8. The highest BCUT2D eigenvalue weighted by atomic mass is 32.5. The first-order valence-electron chi connectivity index (χ1n) is 13.2. The van der Waals surface area contributed by atoms with E-state index in [1.165, 1.54) is 35.2 Å². The number of hydrogen-bond acceptors (Lipinski definition) is 15. The SMILES string of the molecule is CO[C@H]1[C@@H](n2cnc3c(N)ncnc32)O[C@](C)(COP(O)(=S)[C@@H]2C[C@](CO)(CF)O[C@H]2n2cnc3c(=O)[nH]c(N)nc32)[C@H]1O. The fourth-order valence-corrected chi connectivity index (χ4v) is 8.03. The number of hydrogen-bond donors (Lipinski definition) is 6. The van der Waals surface area contributed by atoms with Crippen molar-refractivity contribution in [2.45, 2.75) is 54.9 Å². The van der Waals surface area contributed by atoms with E-state index in [4.69, 9.17) is 42.0 Å². The minimum atomic E-state index is -3.97. The zero-order chi connectivity index (χ0) is 31.6. The van der Waals surface area contributed by atoms with Gasteiger partial charge in [-0.3, -0.25) is 18.9 Å². The van der Waals surface area contributed by atoms with Crippen molar-refractivity contribution in [1.29, 1.82) is 0 Å². The summed E-state index contributed by atoms with van der Waals surface area (Å²) in [6, 6.07) is 0. The van der Waals surface area contributed by atoms with Crippen LogP contribution in [-0.2, 0) is 30.5 Å². The number of alkyl halides is 1. The smallest absolute Gasteiger partial charge is 0.280 e. The van der Waals surface area contributed by atoms with Crippen molar-refractivity contribution in [1.82, 2.24) is 39.0 Å². The van der Waals surface area contributed by atoms with E-state index in [2.05, 4.69) is 29.9 Å². The minimum absolute atomic E-state index is 0.00635. The van der Waals surface area contributed by atoms with Crippen LogP contribution < -0.4 is 17.0 Å². The molecule has 44 heavy (non-hydrogen) atoms. The number of methoxy groups -OCH3 is 1. The molecule has 0 spiro atoms. The van der Waals surface area contributed by atoms with Crippen LogP contribution in [0.15, 0.2) is 23.8 Å². The lowest BCUT2D eigenvalue weighted by Gasteiger charge is -2.32. The number of nitrogens with two attached hydrogens (primary N) is 2. The average molecular weight is 657 g/mol. The van der Waals surface area contributed by atoms with Crippen LogP contribution in [0.2, 0.25) is 0 Å². The Bertz CT molecular complexity index is 1820. The largest absolute Gasteiger partial charge is 0.393 e. The van der Waals surface area contributed by atoms with Crippen molar-refractivity contribution in [3.05, 3.63) is 29.3 Å². The second-order valence-electron chi connectivity index (χ2n) is 10.9. The Labute approximate surface area is 252 Å². The van der Waals surface area contributed by atoms with Crippen molar-refractivity contribution < 1.29 is 38.2 Å². The van der Waals surface area contributed by atoms with Crippen LogP contribution in [0.1, 0.15) is 25.8 Å². The number of halogens is 1. The molecule has 0 radical (unpaired) electrons. The van der Waals surface area contributed by atoms with Gasteiger partial charge >= 0.3 is 0 Å². The number of H-pyrrole nitrogens is 1. The molecule has 2 fully saturated rings. The van der Waals surface area contributed by atoms with Crippen LogP contribution in [0, 0.1) is 0 Å². The van der Waals surface area contributed by atoms with Crippen molar-refractivity contribution in [2.75, 3.05) is 38.5 Å². The number of ether oxygens (including phenoxy) is 3. The standard InChI is InChI=1S/C23H30FN10O8PS/c1-22(14(36)13(39-2)20(41-22)33-8-29-11-15(25)27-7-28-16(11)33)6-40-43(38,44)10-3-23(4-24,5-35)42-19(10)34-9-30-12-17(34)31-21(26)32-18(12)37/h7-10,13-14,19-20,35-36H,3-6H2,1-2H3,(H,38,44)(H2,25,27,28)(H3,26,31,32,37)/t10-,13-,14+,19-,20+,22-,23-,43?/m1/s1. The summed E-state index contributed by atoms with van der Waals surface area (Å²) in [7, 11) is 1.39. The Hall–Kier alpha value is -3.20. The molecular formula is C23H30FN10O8PS. The molecule has 1 unspecified atom stereocenters. The van der Waals surface area contributed by atoms with E-state index in [0.29, 0.717) is 11.2 Å². The quantitative estimate of drug-likeness (QED) is 0.119. The monoisotopic (exact) mass is 656 g/mol. The van der Waals surface area contributed by atoms with Crippen molar-refractivity contribution in [3.63, 3.8) is 0 Å². The van der Waals surface area contributed by atoms with Gasteiger partial charge in [0.25, 0.3) is 5.56 Å². The third kappa shape index (κ3) is 4.86. The Balaban J connectivity index is 1.30. The lowest BCUT2D eigenvalue weighted by atomic mass is 9.98. The maximum absolute atomic E-state index is 14.3. The molecule has 2 aliphatic heterocycles. The molecule has 0 bridgehead atoms. The summed E-state index contributed by atoms with van der Waals surface area (Å²) in [4.78, 5) is 46.9. The number of aromatic amines is 1. The van der Waals surface area contributed by atoms with Gasteiger partial charge in [0.05, 0.1) is 31.5 Å². The Morgan fingerprint density at radius 2 is 1.89 bits per heavy atom. The molecule has 8 atom stereocenters. The topological polar surface area (TPSA) is 257 Å². The van der Waals surface area contributed by atoms with Crippen LogP contribution in [0.3, 0.4) is 0 Å². The van der Waals surface area contributed by atoms with Gasteiger partial charge in [-0.25, -0.2) is 24.3 Å². The van der Waals surface area contributed by atoms with E-state index < -0.39 is 73.5 Å². The first kappa shape index (κ1) is 30.8. The number of nitrogens with zero attached hydrogens (tertiary/aromatic N) is 7. The zero-order valence-corrected chi connectivity index (χ0v) is 25.1. The number of anilines is 2. The third-order valence-electron chi connectivity index (χ3n) is 8.03. The summed E-state index contributed by atoms with van der Waals surface area (Å²) in [6.07, 6.45) is -0.761. The highest BCUT2D eigenvalue weighted by Crippen LogP contribution is 2.60. The number of fused-ring (bicyclic) bond motifs is 2. The molecule has 0 saturated carbocycles. The van der Waals surface area contributed by atoms with Crippen LogP contribution in [-0.4, -0.2) is 110 Å². The summed E-state index contributed by atoms with van der Waals surface area (Å²) in [5, 5.41) is 21.3. The molecule has 0 aliphatic carbocycles. The summed E-state index contributed by atoms with van der Waals surface area (Å²) in [6.45, 7) is -4.70. The number of nitrogen functional groups attached to an aromatic ring is 2. The van der Waals surface area contributed by atoms with Gasteiger partial charge in [0, 0.05) is 7.11 Å². The van der Waals surface area contributed by atoms with Gasteiger partial charge < -0.3 is 45.3 Å². The first-order valence-corrected chi connectivity index (χ1v) is 16.0. The molecule has 2 aliphatic rings. The van der Waals surface area contributed by atoms with Crippen LogP contribution in [0.25, 0.3) is 22.3 Å². The van der Waals surface area contributed by atoms with Crippen molar-refractivity contribution in [2.24, 2.45) is 0 Å². The molecule has 4 aromatic heterocycles. The number of aliphatic hydroxyl groups is 2. The van der Waals surface area contributed by atoms with E-state index in [1.54, 1.807) is 6.92 Å². The van der Waals surface area contributed by atoms with Crippen LogP contribution in [0.5, 0.6) is 0 Å². The summed E-state index contributed by atoms with van der Waals surface area (Å²) >= 11 is 5.59. The molecule has 238 valence electrons. The number of rotatable bonds is 9. The molecule has 8 N–H and O–H groups in total. The third-order valence-corrected chi connectivity index (χ3v) is 10.9. The molecule has 4 aromatic rings. The van der Waals surface area contributed by atoms with E-state index in [1.807, 2.05) is 0 Å². The average Bonchev–Trinajstić information content (AvgIpc) is 3.76. The van der Waals surface area contributed by atoms with Gasteiger partial charge in [-0.1, -0.05) is 0 Å². The van der Waals surface area contributed by atoms with Gasteiger partial charge in [-0.2, -0.15) is 4.98 Å². The van der Waals surface area contributed by atoms with E-state index >= 15 is 0 Å². The van der Waals surface area contributed by atoms with Gasteiger partial charge in [0.2, 0.25) is 5.95 Å². The zero-order valence-electron chi connectivity index (χ0n) is 23.3. The molecule has 0 amide bonds. The first-order chi connectivity index (χ1) is 20.9. The Morgan fingerprint density at radius 1 is 1.18 bits per heavy atom. The summed E-state index contributed by atoms with van der Waals surface area (Å²) < 4.78 is 40.8. The molecular weight excluding hydrogens is 626 g/mol. The Kier molecular flexibility index (Phi) is 7.70. The second kappa shape index (κ2) is 11.0. The van der Waals surface area contributed by atoms with E-state index in [0.717, 1.165) is 0 Å². The van der Waals surface area contributed by atoms with Gasteiger partial charge in [0.15, 0.2) is 35.3 Å². The lowest BCUT2D eigenvalue weighted by molar-refractivity contribution is -0.113. The maximum Gasteiger partial charge on any atom is 0.280 e. The number of nitrogens with one attached hydrogen (secondary N) is 1. The molecule has 6 heterocycles. The van der Waals surface area contributed by atoms with Crippen LogP contribution in [0.4, 0.5) is 16.2 Å². The summed E-state index contributed by atoms with van der Waals surface area (Å²) in [5.74, 6) is -0.0539. The molecule has 0 aromatic carbocycles. The number of imidazole rings is 2. The van der Waals surface area contributed by atoms with Crippen molar-refractivity contribution in [3.8, 4) is 0 Å².